The second-order valence-electron chi connectivity index (χ2n) is 5.99. The van der Waals surface area contributed by atoms with Gasteiger partial charge in [0.25, 0.3) is 0 Å². The van der Waals surface area contributed by atoms with Gasteiger partial charge in [-0.25, -0.2) is 8.78 Å². The third kappa shape index (κ3) is 5.15. The first kappa shape index (κ1) is 21.7. The molecule has 30 heavy (non-hydrogen) atoms. The number of halogens is 3. The van der Waals surface area contributed by atoms with Crippen LogP contribution in [-0.4, -0.2) is 37.6 Å². The molecule has 154 valence electrons. The van der Waals surface area contributed by atoms with Crippen molar-refractivity contribution in [3.63, 3.8) is 0 Å². The van der Waals surface area contributed by atoms with E-state index in [2.05, 4.69) is 36.3 Å². The van der Waals surface area contributed by atoms with Crippen molar-refractivity contribution in [3.05, 3.63) is 64.3 Å². The average Bonchev–Trinajstić information content (AvgIpc) is 3.33. The molecule has 0 aliphatic heterocycles. The van der Waals surface area contributed by atoms with Gasteiger partial charge in [-0.15, -0.1) is 20.4 Å². The summed E-state index contributed by atoms with van der Waals surface area (Å²) in [4.78, 5) is 0. The number of hydrogen-bond donors (Lipinski definition) is 2. The maximum atomic E-state index is 13.2. The Hall–Kier alpha value is -2.96. The summed E-state index contributed by atoms with van der Waals surface area (Å²) in [6.45, 7) is 3.33. The van der Waals surface area contributed by atoms with Crippen LogP contribution in [-0.2, 0) is 0 Å². The molecular formula is C18H14BBrF2N4O4. The molecule has 4 aromatic rings. The molecule has 0 unspecified atom stereocenters. The van der Waals surface area contributed by atoms with Crippen LogP contribution in [0.25, 0.3) is 22.9 Å². The van der Waals surface area contributed by atoms with Gasteiger partial charge in [-0.1, -0.05) is 0 Å². The van der Waals surface area contributed by atoms with Crippen LogP contribution in [0.3, 0.4) is 0 Å². The van der Waals surface area contributed by atoms with Crippen LogP contribution in [0.4, 0.5) is 8.78 Å². The smallest absolute Gasteiger partial charge is 0.423 e. The van der Waals surface area contributed by atoms with Crippen molar-refractivity contribution >= 4 is 28.5 Å². The van der Waals surface area contributed by atoms with Gasteiger partial charge in [-0.3, -0.25) is 0 Å². The van der Waals surface area contributed by atoms with Crippen LogP contribution in [0.1, 0.15) is 11.8 Å². The SMILES string of the molecule is Cc1nnc(-c2ccc(F)c(B(O)O)c2)o1.Cc1nnc(-c2ccc(F)c(Br)c2)o1. The van der Waals surface area contributed by atoms with Crippen LogP contribution in [0, 0.1) is 25.5 Å². The molecule has 0 fully saturated rings. The molecule has 0 spiro atoms. The monoisotopic (exact) mass is 478 g/mol. The molecule has 0 aliphatic rings. The number of nitrogens with zero attached hydrogens (tertiary/aromatic N) is 4. The third-order valence-corrected chi connectivity index (χ3v) is 4.35. The minimum Gasteiger partial charge on any atom is -0.423 e. The molecule has 0 amide bonds. The van der Waals surface area contributed by atoms with Crippen molar-refractivity contribution < 1.29 is 27.7 Å². The molecule has 0 atom stereocenters. The first-order valence-electron chi connectivity index (χ1n) is 8.46. The lowest BCUT2D eigenvalue weighted by Crippen LogP contribution is -2.32. The molecule has 12 heteroatoms. The Bertz CT molecular complexity index is 1170. The lowest BCUT2D eigenvalue weighted by atomic mass is 9.79. The summed E-state index contributed by atoms with van der Waals surface area (Å²) >= 11 is 3.09. The molecule has 2 N–H and O–H groups in total. The van der Waals surface area contributed by atoms with E-state index in [1.165, 1.54) is 18.2 Å². The first-order valence-corrected chi connectivity index (χ1v) is 9.25. The van der Waals surface area contributed by atoms with Gasteiger partial charge >= 0.3 is 7.12 Å². The number of rotatable bonds is 3. The number of aryl methyl sites for hydroxylation is 2. The highest BCUT2D eigenvalue weighted by atomic mass is 79.9. The molecule has 0 saturated carbocycles. The summed E-state index contributed by atoms with van der Waals surface area (Å²) in [5, 5.41) is 32.7. The quantitative estimate of drug-likeness (QED) is 0.431. The maximum absolute atomic E-state index is 13.2. The Balaban J connectivity index is 0.000000172. The Morgan fingerprint density at radius 3 is 1.73 bits per heavy atom. The Labute approximate surface area is 177 Å². The average molecular weight is 479 g/mol. The van der Waals surface area contributed by atoms with Crippen LogP contribution in [0.2, 0.25) is 0 Å². The van der Waals surface area contributed by atoms with E-state index in [0.717, 1.165) is 6.07 Å². The molecule has 4 rings (SSSR count). The predicted molar refractivity (Wildman–Crippen MR) is 106 cm³/mol. The standard InChI is InChI=1S/C9H8BFN2O3.C9H6BrFN2O/c1-5-12-13-9(16-5)6-2-3-8(11)7(4-6)10(14)15;1-5-12-13-9(14-5)6-2-3-8(11)7(10)4-6/h2-4,14-15H,1H3;2-4H,1H3. The Morgan fingerprint density at radius 2 is 1.30 bits per heavy atom. The molecule has 8 nitrogen and oxygen atoms in total. The molecule has 0 radical (unpaired) electrons. The van der Waals surface area contributed by atoms with E-state index < -0.39 is 12.9 Å². The number of aromatic nitrogens is 4. The van der Waals surface area contributed by atoms with Gasteiger partial charge in [0, 0.05) is 30.4 Å². The normalized spacial score (nSPS) is 10.5. The van der Waals surface area contributed by atoms with Gasteiger partial charge in [-0.05, 0) is 52.3 Å². The largest absolute Gasteiger partial charge is 0.491 e. The van der Waals surface area contributed by atoms with Gasteiger partial charge in [0.1, 0.15) is 11.6 Å². The summed E-state index contributed by atoms with van der Waals surface area (Å²) in [5.41, 5.74) is 0.900. The fourth-order valence-corrected chi connectivity index (χ4v) is 2.71. The Kier molecular flexibility index (Phi) is 6.70. The van der Waals surface area contributed by atoms with Crippen molar-refractivity contribution in [1.82, 2.24) is 20.4 Å². The summed E-state index contributed by atoms with van der Waals surface area (Å²) in [6, 6.07) is 8.33. The number of hydrogen-bond acceptors (Lipinski definition) is 8. The van der Waals surface area contributed by atoms with Crippen molar-refractivity contribution in [2.24, 2.45) is 0 Å². The van der Waals surface area contributed by atoms with Crippen LogP contribution in [0.15, 0.2) is 49.7 Å². The minimum atomic E-state index is -1.87. The topological polar surface area (TPSA) is 118 Å². The highest BCUT2D eigenvalue weighted by molar-refractivity contribution is 9.10. The molecule has 0 aliphatic carbocycles. The second kappa shape index (κ2) is 9.24. The van der Waals surface area contributed by atoms with E-state index in [4.69, 9.17) is 18.9 Å². The Morgan fingerprint density at radius 1 is 0.800 bits per heavy atom. The summed E-state index contributed by atoms with van der Waals surface area (Å²) in [5.74, 6) is 0.452. The highest BCUT2D eigenvalue weighted by Crippen LogP contribution is 2.24. The second-order valence-corrected chi connectivity index (χ2v) is 6.85. The lowest BCUT2D eigenvalue weighted by Gasteiger charge is -2.02. The molecule has 2 aromatic carbocycles. The number of benzene rings is 2. The minimum absolute atomic E-state index is 0.208. The zero-order valence-corrected chi connectivity index (χ0v) is 17.3. The zero-order valence-electron chi connectivity index (χ0n) is 15.7. The van der Waals surface area contributed by atoms with Crippen molar-refractivity contribution in [1.29, 1.82) is 0 Å². The lowest BCUT2D eigenvalue weighted by molar-refractivity contribution is 0.423. The fraction of sp³-hybridized carbons (Fsp3) is 0.111. The summed E-state index contributed by atoms with van der Waals surface area (Å²) < 4.78 is 36.8. The molecular weight excluding hydrogens is 465 g/mol. The van der Waals surface area contributed by atoms with E-state index in [1.54, 1.807) is 26.0 Å². The maximum Gasteiger partial charge on any atom is 0.491 e. The van der Waals surface area contributed by atoms with Gasteiger partial charge in [0.15, 0.2) is 0 Å². The fourth-order valence-electron chi connectivity index (χ4n) is 2.33. The van der Waals surface area contributed by atoms with Crippen molar-refractivity contribution in [2.75, 3.05) is 0 Å². The molecule has 0 saturated heterocycles. The van der Waals surface area contributed by atoms with Crippen molar-refractivity contribution in [2.45, 2.75) is 13.8 Å². The van der Waals surface area contributed by atoms with E-state index in [0.29, 0.717) is 33.3 Å². The van der Waals surface area contributed by atoms with E-state index in [9.17, 15) is 8.78 Å². The first-order chi connectivity index (χ1) is 14.2. The predicted octanol–water partition coefficient (Wildman–Crippen LogP) is 2.81. The van der Waals surface area contributed by atoms with Gasteiger partial charge < -0.3 is 18.9 Å². The van der Waals surface area contributed by atoms with Gasteiger partial charge in [-0.2, -0.15) is 0 Å². The third-order valence-electron chi connectivity index (χ3n) is 3.74. The van der Waals surface area contributed by atoms with E-state index in [1.807, 2.05) is 0 Å². The van der Waals surface area contributed by atoms with Crippen LogP contribution < -0.4 is 5.46 Å². The summed E-state index contributed by atoms with van der Waals surface area (Å²) in [7, 11) is -1.87. The van der Waals surface area contributed by atoms with E-state index >= 15 is 0 Å². The van der Waals surface area contributed by atoms with Gasteiger partial charge in [0.05, 0.1) is 4.47 Å². The van der Waals surface area contributed by atoms with Crippen LogP contribution >= 0.6 is 15.9 Å². The van der Waals surface area contributed by atoms with Crippen molar-refractivity contribution in [3.8, 4) is 22.9 Å². The van der Waals surface area contributed by atoms with E-state index in [-0.39, 0.29) is 17.2 Å². The molecule has 2 aromatic heterocycles. The molecule has 2 heterocycles. The molecule has 0 bridgehead atoms. The van der Waals surface area contributed by atoms with Crippen LogP contribution in [0.5, 0.6) is 0 Å². The zero-order chi connectivity index (χ0) is 21.8. The summed E-state index contributed by atoms with van der Waals surface area (Å²) in [6.07, 6.45) is 0. The van der Waals surface area contributed by atoms with Gasteiger partial charge in [0.2, 0.25) is 23.6 Å². The highest BCUT2D eigenvalue weighted by Gasteiger charge is 2.18.